The van der Waals surface area contributed by atoms with E-state index < -0.39 is 4.92 Å². The number of hydrogen-bond donors (Lipinski definition) is 0. The molecule has 1 saturated heterocycles. The number of hydrogen-bond acceptors (Lipinski definition) is 8. The molecule has 1 aliphatic rings. The highest BCUT2D eigenvalue weighted by Gasteiger charge is 2.29. The van der Waals surface area contributed by atoms with Gasteiger partial charge >= 0.3 is 0 Å². The van der Waals surface area contributed by atoms with Gasteiger partial charge in [0.1, 0.15) is 5.69 Å². The summed E-state index contributed by atoms with van der Waals surface area (Å²) in [6, 6.07) is 8.43. The van der Waals surface area contributed by atoms with Crippen LogP contribution in [0.3, 0.4) is 0 Å². The Kier molecular flexibility index (Phi) is 5.61. The van der Waals surface area contributed by atoms with Gasteiger partial charge in [-0.15, -0.1) is 5.10 Å². The number of nitro benzene ring substituents is 1. The van der Waals surface area contributed by atoms with E-state index in [1.54, 1.807) is 36.1 Å². The molecule has 2 aromatic heterocycles. The van der Waals surface area contributed by atoms with Crippen LogP contribution in [0.1, 0.15) is 29.0 Å². The van der Waals surface area contributed by atoms with Crippen molar-refractivity contribution in [2.24, 2.45) is 7.05 Å². The zero-order valence-electron chi connectivity index (χ0n) is 17.4. The molecule has 0 N–H and O–H groups in total. The number of nitro groups is 1. The first-order valence-electron chi connectivity index (χ1n) is 10.0. The molecule has 0 saturated carbocycles. The first-order valence-corrected chi connectivity index (χ1v) is 10.0. The molecule has 0 radical (unpaired) electrons. The van der Waals surface area contributed by atoms with Gasteiger partial charge in [-0.1, -0.05) is 0 Å². The summed E-state index contributed by atoms with van der Waals surface area (Å²) in [5.41, 5.74) is 0.620. The van der Waals surface area contributed by atoms with E-state index in [0.717, 1.165) is 25.2 Å². The molecule has 31 heavy (non-hydrogen) atoms. The summed E-state index contributed by atoms with van der Waals surface area (Å²) in [5.74, 6) is 0.685. The molecule has 1 unspecified atom stereocenters. The van der Waals surface area contributed by atoms with E-state index in [0.29, 0.717) is 12.2 Å². The van der Waals surface area contributed by atoms with Crippen molar-refractivity contribution in [3.63, 3.8) is 0 Å². The van der Waals surface area contributed by atoms with Crippen molar-refractivity contribution in [3.05, 3.63) is 70.4 Å². The smallest absolute Gasteiger partial charge is 0.293 e. The number of carbonyl (C=O) groups excluding carboxylic acids is 1. The van der Waals surface area contributed by atoms with Crippen LogP contribution in [0.5, 0.6) is 0 Å². The summed E-state index contributed by atoms with van der Waals surface area (Å²) in [7, 11) is 3.57. The van der Waals surface area contributed by atoms with Gasteiger partial charge in [0.25, 0.3) is 5.69 Å². The first kappa shape index (κ1) is 20.5. The minimum atomic E-state index is -0.440. The number of aromatic nitrogens is 4. The van der Waals surface area contributed by atoms with Gasteiger partial charge in [0.2, 0.25) is 5.78 Å². The lowest BCUT2D eigenvalue weighted by Gasteiger charge is -2.38. The first-order chi connectivity index (χ1) is 15.0. The van der Waals surface area contributed by atoms with Crippen molar-refractivity contribution >= 4 is 23.0 Å². The standard InChI is InChI=1S/C21H23N7O3/c1-25-12-10-22-21(25)20(29)15-7-8-17(18(13-15)28(30)31)26(2)16-5-4-11-27(14-16)19-6-3-9-23-24-19/h3,6-10,12-13,16H,4-5,11,14H2,1-2H3. The molecule has 3 aromatic rings. The van der Waals surface area contributed by atoms with Gasteiger partial charge in [0, 0.05) is 63.4 Å². The Morgan fingerprint density at radius 1 is 1.29 bits per heavy atom. The summed E-state index contributed by atoms with van der Waals surface area (Å²) in [5, 5.41) is 20.0. The van der Waals surface area contributed by atoms with Gasteiger partial charge < -0.3 is 14.4 Å². The lowest BCUT2D eigenvalue weighted by atomic mass is 10.0. The summed E-state index contributed by atoms with van der Waals surface area (Å²) in [4.78, 5) is 32.3. The minimum absolute atomic E-state index is 0.0607. The van der Waals surface area contributed by atoms with Crippen molar-refractivity contribution in [1.29, 1.82) is 0 Å². The number of anilines is 2. The Morgan fingerprint density at radius 3 is 2.81 bits per heavy atom. The van der Waals surface area contributed by atoms with Crippen LogP contribution < -0.4 is 9.80 Å². The number of carbonyl (C=O) groups is 1. The Bertz CT molecular complexity index is 1100. The van der Waals surface area contributed by atoms with Crippen LogP contribution in [-0.4, -0.2) is 56.6 Å². The van der Waals surface area contributed by atoms with Gasteiger partial charge in [0.05, 0.1) is 4.92 Å². The normalized spacial score (nSPS) is 16.2. The summed E-state index contributed by atoms with van der Waals surface area (Å²) in [6.45, 7) is 1.54. The summed E-state index contributed by atoms with van der Waals surface area (Å²) >= 11 is 0. The number of imidazole rings is 1. The SMILES string of the molecule is CN(c1ccc(C(=O)c2nccn2C)cc1[N+](=O)[O-])C1CCCN(c2cccnn2)C1. The molecule has 0 spiro atoms. The van der Waals surface area contributed by atoms with Crippen molar-refractivity contribution in [1.82, 2.24) is 19.7 Å². The number of aryl methyl sites for hydroxylation is 1. The van der Waals surface area contributed by atoms with E-state index in [1.165, 1.54) is 12.3 Å². The van der Waals surface area contributed by atoms with Crippen LogP contribution in [0.4, 0.5) is 17.2 Å². The van der Waals surface area contributed by atoms with E-state index in [1.807, 2.05) is 24.1 Å². The van der Waals surface area contributed by atoms with Crippen LogP contribution >= 0.6 is 0 Å². The average molecular weight is 421 g/mol. The highest BCUT2D eigenvalue weighted by molar-refractivity contribution is 6.07. The third-order valence-electron chi connectivity index (χ3n) is 5.67. The van der Waals surface area contributed by atoms with Gasteiger partial charge in [-0.2, -0.15) is 5.10 Å². The molecular weight excluding hydrogens is 398 g/mol. The van der Waals surface area contributed by atoms with Crippen LogP contribution in [0.15, 0.2) is 48.9 Å². The molecule has 0 aliphatic carbocycles. The molecule has 1 aliphatic heterocycles. The molecule has 0 amide bonds. The van der Waals surface area contributed by atoms with Crippen LogP contribution in [-0.2, 0) is 7.05 Å². The molecule has 3 heterocycles. The van der Waals surface area contributed by atoms with Crippen LogP contribution in [0.2, 0.25) is 0 Å². The molecular formula is C21H23N7O3. The second-order valence-electron chi connectivity index (χ2n) is 7.59. The number of nitrogens with zero attached hydrogens (tertiary/aromatic N) is 7. The van der Waals surface area contributed by atoms with Gasteiger partial charge in [-0.25, -0.2) is 4.98 Å². The van der Waals surface area contributed by atoms with Crippen LogP contribution in [0.25, 0.3) is 0 Å². The van der Waals surface area contributed by atoms with Crippen molar-refractivity contribution in [2.45, 2.75) is 18.9 Å². The Labute approximate surface area is 179 Å². The molecule has 10 nitrogen and oxygen atoms in total. The largest absolute Gasteiger partial charge is 0.364 e. The maximum absolute atomic E-state index is 12.7. The number of piperidine rings is 1. The zero-order chi connectivity index (χ0) is 22.0. The molecule has 1 aromatic carbocycles. The molecule has 1 fully saturated rings. The number of ketones is 1. The minimum Gasteiger partial charge on any atom is -0.364 e. The Hall–Kier alpha value is -3.82. The van der Waals surface area contributed by atoms with Crippen molar-refractivity contribution in [2.75, 3.05) is 29.9 Å². The predicted octanol–water partition coefficient (Wildman–Crippen LogP) is 2.45. The maximum Gasteiger partial charge on any atom is 0.293 e. The van der Waals surface area contributed by atoms with Gasteiger partial charge in [0.15, 0.2) is 11.6 Å². The Balaban J connectivity index is 1.60. The molecule has 1 atom stereocenters. The lowest BCUT2D eigenvalue weighted by Crippen LogP contribution is -2.47. The number of rotatable bonds is 6. The van der Waals surface area contributed by atoms with E-state index in [2.05, 4.69) is 20.1 Å². The third kappa shape index (κ3) is 4.09. The second kappa shape index (κ2) is 8.50. The van der Waals surface area contributed by atoms with Crippen LogP contribution in [0, 0.1) is 10.1 Å². The number of likely N-dealkylation sites (N-methyl/N-ethyl adjacent to an activating group) is 1. The van der Waals surface area contributed by atoms with E-state index >= 15 is 0 Å². The lowest BCUT2D eigenvalue weighted by molar-refractivity contribution is -0.384. The molecule has 160 valence electrons. The average Bonchev–Trinajstić information content (AvgIpc) is 3.24. The fourth-order valence-electron chi connectivity index (χ4n) is 3.96. The number of benzene rings is 1. The summed E-state index contributed by atoms with van der Waals surface area (Å²) < 4.78 is 1.59. The molecule has 4 rings (SSSR count). The van der Waals surface area contributed by atoms with Crippen molar-refractivity contribution in [3.8, 4) is 0 Å². The maximum atomic E-state index is 12.7. The second-order valence-corrected chi connectivity index (χ2v) is 7.59. The molecule has 0 bridgehead atoms. The van der Waals surface area contributed by atoms with Gasteiger partial charge in [-0.05, 0) is 37.1 Å². The quantitative estimate of drug-likeness (QED) is 0.339. The fourth-order valence-corrected chi connectivity index (χ4v) is 3.96. The summed E-state index contributed by atoms with van der Waals surface area (Å²) in [6.07, 6.45) is 6.66. The van der Waals surface area contributed by atoms with E-state index in [9.17, 15) is 14.9 Å². The van der Waals surface area contributed by atoms with E-state index in [-0.39, 0.29) is 28.9 Å². The van der Waals surface area contributed by atoms with E-state index in [4.69, 9.17) is 0 Å². The Morgan fingerprint density at radius 2 is 2.13 bits per heavy atom. The molecule has 10 heteroatoms. The van der Waals surface area contributed by atoms with Crippen molar-refractivity contribution < 1.29 is 9.72 Å². The predicted molar refractivity (Wildman–Crippen MR) is 115 cm³/mol. The third-order valence-corrected chi connectivity index (χ3v) is 5.67. The fraction of sp³-hybridized carbons (Fsp3) is 0.333. The highest BCUT2D eigenvalue weighted by Crippen LogP contribution is 2.32. The zero-order valence-corrected chi connectivity index (χ0v) is 17.4. The highest BCUT2D eigenvalue weighted by atomic mass is 16.6. The van der Waals surface area contributed by atoms with Gasteiger partial charge in [-0.3, -0.25) is 14.9 Å². The topological polar surface area (TPSA) is 110 Å². The monoisotopic (exact) mass is 421 g/mol.